The summed E-state index contributed by atoms with van der Waals surface area (Å²) in [5, 5.41) is 1.04. The minimum Gasteiger partial charge on any atom is -0.486 e. The van der Waals surface area contributed by atoms with Crippen LogP contribution in [0.4, 0.5) is 0 Å². The quantitative estimate of drug-likeness (QED) is 0.370. The van der Waals surface area contributed by atoms with Gasteiger partial charge in [0.2, 0.25) is 5.91 Å². The molecule has 33 heavy (non-hydrogen) atoms. The Morgan fingerprint density at radius 3 is 2.76 bits per heavy atom. The molecule has 0 aliphatic carbocycles. The van der Waals surface area contributed by atoms with Crippen molar-refractivity contribution in [3.63, 3.8) is 0 Å². The molecule has 2 atom stereocenters. The maximum absolute atomic E-state index is 13.1. The highest BCUT2D eigenvalue weighted by molar-refractivity contribution is 7.99. The van der Waals surface area contributed by atoms with Crippen LogP contribution in [0, 0.1) is 0 Å². The summed E-state index contributed by atoms with van der Waals surface area (Å²) in [7, 11) is 3.33. The molecule has 0 saturated heterocycles. The number of likely N-dealkylation sites (N-methyl/N-ethyl adjacent to an activating group) is 1. The number of nitrogens with zero attached hydrogens (tertiary/aromatic N) is 3. The molecule has 174 valence electrons. The highest BCUT2D eigenvalue weighted by Crippen LogP contribution is 2.31. The molecule has 1 aliphatic heterocycles. The number of carbonyl (C=O) groups excluding carboxylic acids is 1. The van der Waals surface area contributed by atoms with E-state index >= 15 is 0 Å². The van der Waals surface area contributed by atoms with E-state index in [4.69, 9.17) is 14.2 Å². The zero-order valence-electron chi connectivity index (χ0n) is 18.9. The second-order valence-corrected chi connectivity index (χ2v) is 8.89. The first-order valence-corrected chi connectivity index (χ1v) is 11.7. The predicted octanol–water partition coefficient (Wildman–Crippen LogP) is 2.99. The van der Waals surface area contributed by atoms with Gasteiger partial charge in [-0.3, -0.25) is 14.2 Å². The highest BCUT2D eigenvalue weighted by atomic mass is 32.2. The van der Waals surface area contributed by atoms with Crippen LogP contribution in [0.25, 0.3) is 10.9 Å². The standard InChI is InChI=1S/C24H27N3O5S/c1-16(13-30-3)27-23(29)18-8-4-5-9-19(18)25-24(27)33-15-22(28)26(2)12-17-14-31-20-10-6-7-11-21(20)32-17/h4-11,16-17H,12-15H2,1-3H3/t16-,17+/m0/s1. The van der Waals surface area contributed by atoms with E-state index < -0.39 is 0 Å². The van der Waals surface area contributed by atoms with Crippen molar-refractivity contribution in [2.24, 2.45) is 0 Å². The fourth-order valence-electron chi connectivity index (χ4n) is 3.73. The number of fused-ring (bicyclic) bond motifs is 2. The third-order valence-electron chi connectivity index (χ3n) is 5.42. The number of amides is 1. The topological polar surface area (TPSA) is 82.9 Å². The molecule has 0 bridgehead atoms. The normalized spacial score (nSPS) is 15.9. The Kier molecular flexibility index (Phi) is 7.20. The molecule has 9 heteroatoms. The van der Waals surface area contributed by atoms with Gasteiger partial charge in [0.1, 0.15) is 6.61 Å². The predicted molar refractivity (Wildman–Crippen MR) is 127 cm³/mol. The van der Waals surface area contributed by atoms with Crippen molar-refractivity contribution in [3.8, 4) is 11.5 Å². The zero-order valence-corrected chi connectivity index (χ0v) is 19.7. The van der Waals surface area contributed by atoms with E-state index in [-0.39, 0.29) is 29.4 Å². The second kappa shape index (κ2) is 10.3. The van der Waals surface area contributed by atoms with Gasteiger partial charge in [-0.05, 0) is 31.2 Å². The lowest BCUT2D eigenvalue weighted by Crippen LogP contribution is -2.42. The second-order valence-electron chi connectivity index (χ2n) is 7.95. The molecule has 2 aromatic carbocycles. The molecule has 8 nitrogen and oxygen atoms in total. The zero-order chi connectivity index (χ0) is 23.4. The Morgan fingerprint density at radius 2 is 1.97 bits per heavy atom. The first kappa shape index (κ1) is 23.1. The molecule has 1 aliphatic rings. The number of ether oxygens (including phenoxy) is 3. The molecule has 2 heterocycles. The van der Waals surface area contributed by atoms with Crippen LogP contribution in [0.15, 0.2) is 58.5 Å². The molecule has 0 unspecified atom stereocenters. The summed E-state index contributed by atoms with van der Waals surface area (Å²) >= 11 is 1.25. The number of hydrogen-bond donors (Lipinski definition) is 0. The van der Waals surface area contributed by atoms with Crippen LogP contribution in [0.5, 0.6) is 11.5 Å². The van der Waals surface area contributed by atoms with Crippen LogP contribution in [-0.4, -0.2) is 66.1 Å². The van der Waals surface area contributed by atoms with Gasteiger partial charge in [0.25, 0.3) is 5.56 Å². The van der Waals surface area contributed by atoms with Crippen molar-refractivity contribution < 1.29 is 19.0 Å². The van der Waals surface area contributed by atoms with Gasteiger partial charge in [0.15, 0.2) is 22.8 Å². The van der Waals surface area contributed by atoms with Crippen molar-refractivity contribution in [2.75, 3.05) is 39.7 Å². The third kappa shape index (κ3) is 5.15. The lowest BCUT2D eigenvalue weighted by atomic mass is 10.2. The molecule has 1 aromatic heterocycles. The minimum absolute atomic E-state index is 0.0872. The monoisotopic (exact) mass is 469 g/mol. The molecule has 0 radical (unpaired) electrons. The van der Waals surface area contributed by atoms with Crippen LogP contribution in [-0.2, 0) is 9.53 Å². The van der Waals surface area contributed by atoms with E-state index in [1.54, 1.807) is 35.8 Å². The molecule has 0 saturated carbocycles. The van der Waals surface area contributed by atoms with E-state index in [1.165, 1.54) is 11.8 Å². The number of benzene rings is 2. The van der Waals surface area contributed by atoms with Crippen molar-refractivity contribution in [3.05, 3.63) is 58.9 Å². The van der Waals surface area contributed by atoms with Crippen LogP contribution < -0.4 is 15.0 Å². The molecule has 0 fully saturated rings. The summed E-state index contributed by atoms with van der Waals surface area (Å²) in [6.45, 7) is 3.04. The summed E-state index contributed by atoms with van der Waals surface area (Å²) in [4.78, 5) is 32.3. The molecule has 3 aromatic rings. The summed E-state index contributed by atoms with van der Waals surface area (Å²) in [5.41, 5.74) is 0.470. The van der Waals surface area contributed by atoms with E-state index in [1.807, 2.05) is 43.3 Å². The van der Waals surface area contributed by atoms with E-state index in [0.29, 0.717) is 47.3 Å². The van der Waals surface area contributed by atoms with Crippen LogP contribution in [0.1, 0.15) is 13.0 Å². The summed E-state index contributed by atoms with van der Waals surface area (Å²) < 4.78 is 18.6. The minimum atomic E-state index is -0.252. The van der Waals surface area contributed by atoms with Crippen molar-refractivity contribution in [1.29, 1.82) is 0 Å². The van der Waals surface area contributed by atoms with Gasteiger partial charge < -0.3 is 19.1 Å². The number of carbonyl (C=O) groups is 1. The Bertz CT molecular complexity index is 1200. The maximum Gasteiger partial charge on any atom is 0.262 e. The molecular weight excluding hydrogens is 442 g/mol. The first-order chi connectivity index (χ1) is 16.0. The number of rotatable bonds is 8. The van der Waals surface area contributed by atoms with Gasteiger partial charge in [0.05, 0.1) is 35.8 Å². The van der Waals surface area contributed by atoms with E-state index in [2.05, 4.69) is 4.98 Å². The lowest BCUT2D eigenvalue weighted by molar-refractivity contribution is -0.128. The third-order valence-corrected chi connectivity index (χ3v) is 6.36. The van der Waals surface area contributed by atoms with Gasteiger partial charge in [-0.15, -0.1) is 0 Å². The maximum atomic E-state index is 13.1. The van der Waals surface area contributed by atoms with Gasteiger partial charge >= 0.3 is 0 Å². The lowest BCUT2D eigenvalue weighted by Gasteiger charge is -2.29. The molecular formula is C24H27N3O5S. The van der Waals surface area contributed by atoms with Crippen LogP contribution >= 0.6 is 11.8 Å². The molecule has 0 N–H and O–H groups in total. The largest absolute Gasteiger partial charge is 0.486 e. The summed E-state index contributed by atoms with van der Waals surface area (Å²) in [6.07, 6.45) is -0.252. The SMILES string of the molecule is COC[C@H](C)n1c(SCC(=O)N(C)C[C@@H]2COc3ccccc3O2)nc2ccccc2c1=O. The Labute approximate surface area is 196 Å². The van der Waals surface area contributed by atoms with Gasteiger partial charge in [-0.25, -0.2) is 4.98 Å². The van der Waals surface area contributed by atoms with Gasteiger partial charge in [-0.2, -0.15) is 0 Å². The number of methoxy groups -OCH3 is 1. The number of hydrogen-bond acceptors (Lipinski definition) is 7. The smallest absolute Gasteiger partial charge is 0.262 e. The van der Waals surface area contributed by atoms with Crippen molar-refractivity contribution >= 4 is 28.6 Å². The van der Waals surface area contributed by atoms with E-state index in [0.717, 1.165) is 0 Å². The summed E-state index contributed by atoms with van der Waals surface area (Å²) in [6, 6.07) is 14.5. The highest BCUT2D eigenvalue weighted by Gasteiger charge is 2.24. The molecule has 0 spiro atoms. The fourth-order valence-corrected chi connectivity index (χ4v) is 4.77. The summed E-state index contributed by atoms with van der Waals surface area (Å²) in [5.74, 6) is 1.45. The van der Waals surface area contributed by atoms with Crippen molar-refractivity contribution in [1.82, 2.24) is 14.5 Å². The Balaban J connectivity index is 1.45. The van der Waals surface area contributed by atoms with Gasteiger partial charge in [0, 0.05) is 14.2 Å². The number of aromatic nitrogens is 2. The molecule has 1 amide bonds. The first-order valence-electron chi connectivity index (χ1n) is 10.7. The average molecular weight is 470 g/mol. The number of para-hydroxylation sites is 3. The molecule has 4 rings (SSSR count). The van der Waals surface area contributed by atoms with Gasteiger partial charge in [-0.1, -0.05) is 36.0 Å². The Hall–Kier alpha value is -3.04. The van der Waals surface area contributed by atoms with Crippen molar-refractivity contribution in [2.45, 2.75) is 24.2 Å². The van der Waals surface area contributed by atoms with Crippen LogP contribution in [0.3, 0.4) is 0 Å². The van der Waals surface area contributed by atoms with Crippen LogP contribution in [0.2, 0.25) is 0 Å². The van der Waals surface area contributed by atoms with E-state index in [9.17, 15) is 9.59 Å². The fraction of sp³-hybridized carbons (Fsp3) is 0.375. The average Bonchev–Trinajstić information content (AvgIpc) is 2.82. The number of thioether (sulfide) groups is 1. The Morgan fingerprint density at radius 1 is 1.24 bits per heavy atom.